The zero-order valence-electron chi connectivity index (χ0n) is 7.54. The first-order valence-corrected chi connectivity index (χ1v) is 4.70. The van der Waals surface area contributed by atoms with Crippen LogP contribution in [0.2, 0.25) is 0 Å². The van der Waals surface area contributed by atoms with Crippen molar-refractivity contribution in [2.45, 2.75) is 12.8 Å². The molecule has 74 valence electrons. The van der Waals surface area contributed by atoms with Crippen LogP contribution in [-0.4, -0.2) is 5.78 Å². The number of hydrogen-bond acceptors (Lipinski definition) is 1. The van der Waals surface area contributed by atoms with Crippen molar-refractivity contribution >= 4 is 17.4 Å². The standard InChI is InChI=1S/C11H10ClFO/c12-7-6-11(14)5-4-9-2-1-3-10(13)8-9/h1-3,6-8H,4-5H2/b7-6+. The maximum Gasteiger partial charge on any atom is 0.156 e. The van der Waals surface area contributed by atoms with Crippen LogP contribution in [0.4, 0.5) is 4.39 Å². The lowest BCUT2D eigenvalue weighted by atomic mass is 10.1. The Morgan fingerprint density at radius 1 is 1.50 bits per heavy atom. The fourth-order valence-corrected chi connectivity index (χ4v) is 1.25. The van der Waals surface area contributed by atoms with E-state index in [9.17, 15) is 9.18 Å². The first-order chi connectivity index (χ1) is 6.72. The van der Waals surface area contributed by atoms with E-state index in [-0.39, 0.29) is 11.6 Å². The highest BCUT2D eigenvalue weighted by Gasteiger charge is 1.99. The SMILES string of the molecule is O=C(/C=C/Cl)CCc1cccc(F)c1. The molecule has 1 aromatic rings. The van der Waals surface area contributed by atoms with E-state index in [0.29, 0.717) is 12.8 Å². The van der Waals surface area contributed by atoms with Crippen molar-refractivity contribution in [2.75, 3.05) is 0 Å². The Bertz CT molecular complexity index is 347. The van der Waals surface area contributed by atoms with Crippen molar-refractivity contribution in [2.24, 2.45) is 0 Å². The van der Waals surface area contributed by atoms with E-state index in [1.165, 1.54) is 23.7 Å². The summed E-state index contributed by atoms with van der Waals surface area (Å²) in [5, 5.41) is 0. The molecule has 0 saturated heterocycles. The minimum Gasteiger partial charge on any atom is -0.295 e. The van der Waals surface area contributed by atoms with Gasteiger partial charge in [-0.2, -0.15) is 0 Å². The highest BCUT2D eigenvalue weighted by Crippen LogP contribution is 2.06. The van der Waals surface area contributed by atoms with Crippen molar-refractivity contribution in [1.29, 1.82) is 0 Å². The van der Waals surface area contributed by atoms with Crippen molar-refractivity contribution < 1.29 is 9.18 Å². The largest absolute Gasteiger partial charge is 0.295 e. The quantitative estimate of drug-likeness (QED) is 0.701. The van der Waals surface area contributed by atoms with Gasteiger partial charge in [0, 0.05) is 12.0 Å². The third kappa shape index (κ3) is 3.71. The Morgan fingerprint density at radius 2 is 2.29 bits per heavy atom. The summed E-state index contributed by atoms with van der Waals surface area (Å²) >= 11 is 5.24. The number of halogens is 2. The topological polar surface area (TPSA) is 17.1 Å². The van der Waals surface area contributed by atoms with Gasteiger partial charge >= 0.3 is 0 Å². The van der Waals surface area contributed by atoms with Crippen LogP contribution < -0.4 is 0 Å². The minimum absolute atomic E-state index is 0.0516. The summed E-state index contributed by atoms with van der Waals surface area (Å²) in [6.07, 6.45) is 2.20. The van der Waals surface area contributed by atoms with Gasteiger partial charge in [0.1, 0.15) is 5.82 Å². The van der Waals surface area contributed by atoms with E-state index in [1.54, 1.807) is 12.1 Å². The summed E-state index contributed by atoms with van der Waals surface area (Å²) in [4.78, 5) is 11.0. The molecule has 0 fully saturated rings. The molecule has 3 heteroatoms. The number of ketones is 1. The Morgan fingerprint density at radius 3 is 2.93 bits per heavy atom. The minimum atomic E-state index is -0.275. The van der Waals surface area contributed by atoms with Crippen LogP contribution in [0.1, 0.15) is 12.0 Å². The summed E-state index contributed by atoms with van der Waals surface area (Å²) in [5.41, 5.74) is 2.01. The molecular formula is C11H10ClFO. The molecule has 1 rings (SSSR count). The Kier molecular flexibility index (Phi) is 4.33. The summed E-state index contributed by atoms with van der Waals surface area (Å²) in [6, 6.07) is 6.23. The van der Waals surface area contributed by atoms with Crippen molar-refractivity contribution in [1.82, 2.24) is 0 Å². The molecule has 1 aromatic carbocycles. The van der Waals surface area contributed by atoms with E-state index < -0.39 is 0 Å². The highest BCUT2D eigenvalue weighted by molar-refractivity contribution is 6.26. The van der Waals surface area contributed by atoms with E-state index in [1.807, 2.05) is 0 Å². The van der Waals surface area contributed by atoms with Crippen LogP contribution in [0.15, 0.2) is 35.9 Å². The van der Waals surface area contributed by atoms with Gasteiger partial charge in [-0.25, -0.2) is 4.39 Å². The number of rotatable bonds is 4. The second-order valence-electron chi connectivity index (χ2n) is 2.89. The highest BCUT2D eigenvalue weighted by atomic mass is 35.5. The van der Waals surface area contributed by atoms with Crippen LogP contribution >= 0.6 is 11.6 Å². The lowest BCUT2D eigenvalue weighted by molar-refractivity contribution is -0.114. The third-order valence-corrected chi connectivity index (χ3v) is 1.92. The van der Waals surface area contributed by atoms with E-state index >= 15 is 0 Å². The number of benzene rings is 1. The predicted octanol–water partition coefficient (Wildman–Crippen LogP) is 3.08. The second-order valence-corrected chi connectivity index (χ2v) is 3.14. The molecule has 1 nitrogen and oxygen atoms in total. The van der Waals surface area contributed by atoms with E-state index in [4.69, 9.17) is 11.6 Å². The molecule has 0 atom stereocenters. The Labute approximate surface area is 87.2 Å². The van der Waals surface area contributed by atoms with Gasteiger partial charge in [-0.3, -0.25) is 4.79 Å². The summed E-state index contributed by atoms with van der Waals surface area (Å²) < 4.78 is 12.7. The van der Waals surface area contributed by atoms with Crippen LogP contribution in [0.25, 0.3) is 0 Å². The molecule has 0 spiro atoms. The maximum atomic E-state index is 12.7. The predicted molar refractivity (Wildman–Crippen MR) is 54.7 cm³/mol. The fourth-order valence-electron chi connectivity index (χ4n) is 1.11. The average molecular weight is 213 g/mol. The molecule has 0 radical (unpaired) electrons. The molecule has 0 aliphatic carbocycles. The van der Waals surface area contributed by atoms with Gasteiger partial charge in [0.05, 0.1) is 0 Å². The summed E-state index contributed by atoms with van der Waals surface area (Å²) in [6.45, 7) is 0. The van der Waals surface area contributed by atoms with Gasteiger partial charge in [-0.1, -0.05) is 23.7 Å². The van der Waals surface area contributed by atoms with Crippen molar-refractivity contribution in [3.8, 4) is 0 Å². The summed E-state index contributed by atoms with van der Waals surface area (Å²) in [7, 11) is 0. The smallest absolute Gasteiger partial charge is 0.156 e. The molecule has 14 heavy (non-hydrogen) atoms. The lowest BCUT2D eigenvalue weighted by Crippen LogP contribution is -1.95. The number of allylic oxidation sites excluding steroid dienone is 1. The van der Waals surface area contributed by atoms with E-state index in [0.717, 1.165) is 5.56 Å². The fraction of sp³-hybridized carbons (Fsp3) is 0.182. The van der Waals surface area contributed by atoms with Crippen LogP contribution in [0, 0.1) is 5.82 Å². The zero-order chi connectivity index (χ0) is 10.4. The molecule has 0 aliphatic rings. The second kappa shape index (κ2) is 5.55. The molecule has 0 unspecified atom stereocenters. The average Bonchev–Trinajstić information content (AvgIpc) is 2.15. The van der Waals surface area contributed by atoms with Gasteiger partial charge in [0.2, 0.25) is 0 Å². The Hall–Kier alpha value is -1.15. The van der Waals surface area contributed by atoms with Crippen molar-refractivity contribution in [3.63, 3.8) is 0 Å². The van der Waals surface area contributed by atoms with Crippen molar-refractivity contribution in [3.05, 3.63) is 47.3 Å². The number of aryl methyl sites for hydroxylation is 1. The Balaban J connectivity index is 2.49. The number of hydrogen-bond donors (Lipinski definition) is 0. The molecule has 0 heterocycles. The molecular weight excluding hydrogens is 203 g/mol. The normalized spacial score (nSPS) is 10.7. The van der Waals surface area contributed by atoms with Gasteiger partial charge < -0.3 is 0 Å². The van der Waals surface area contributed by atoms with Gasteiger partial charge in [-0.15, -0.1) is 0 Å². The van der Waals surface area contributed by atoms with E-state index in [2.05, 4.69) is 0 Å². The first-order valence-electron chi connectivity index (χ1n) is 4.26. The van der Waals surface area contributed by atoms with Gasteiger partial charge in [-0.05, 0) is 30.2 Å². The monoisotopic (exact) mass is 212 g/mol. The number of carbonyl (C=O) groups is 1. The first kappa shape index (κ1) is 10.9. The zero-order valence-corrected chi connectivity index (χ0v) is 8.30. The molecule has 0 aliphatic heterocycles. The molecule has 0 saturated carbocycles. The maximum absolute atomic E-state index is 12.7. The van der Waals surface area contributed by atoms with Gasteiger partial charge in [0.25, 0.3) is 0 Å². The molecule has 0 aromatic heterocycles. The molecule has 0 N–H and O–H groups in total. The summed E-state index contributed by atoms with van der Waals surface area (Å²) in [5.74, 6) is -0.327. The lowest BCUT2D eigenvalue weighted by Gasteiger charge is -1.98. The number of carbonyl (C=O) groups excluding carboxylic acids is 1. The molecule has 0 bridgehead atoms. The third-order valence-electron chi connectivity index (χ3n) is 1.80. The van der Waals surface area contributed by atoms with Crippen LogP contribution in [-0.2, 0) is 11.2 Å². The van der Waals surface area contributed by atoms with Gasteiger partial charge in [0.15, 0.2) is 5.78 Å². The van der Waals surface area contributed by atoms with Crippen LogP contribution in [0.5, 0.6) is 0 Å². The van der Waals surface area contributed by atoms with Crippen LogP contribution in [0.3, 0.4) is 0 Å². The molecule has 0 amide bonds.